The minimum atomic E-state index is -3.88. The van der Waals surface area contributed by atoms with Gasteiger partial charge in [-0.1, -0.05) is 61.9 Å². The van der Waals surface area contributed by atoms with Crippen LogP contribution in [0.5, 0.6) is 0 Å². The molecule has 2 aromatic rings. The molecule has 0 saturated carbocycles. The van der Waals surface area contributed by atoms with E-state index in [0.717, 1.165) is 11.1 Å². The molecule has 2 aliphatic heterocycles. The zero-order chi connectivity index (χ0) is 27.0. The predicted molar refractivity (Wildman–Crippen MR) is 137 cm³/mol. The summed E-state index contributed by atoms with van der Waals surface area (Å²) in [4.78, 5) is 41.8. The third-order valence-electron chi connectivity index (χ3n) is 7.55. The van der Waals surface area contributed by atoms with Crippen LogP contribution < -0.4 is 5.32 Å². The number of rotatable bonds is 9. The SMILES string of the molecule is CCN(C[C@H]1N[C@@](CC)(C(=O)OC)[C@H]2C(=O)N(Cc3ccccc3)C(=O)[C@@H]12)S(=O)(=O)c1ccc(C)cc1. The summed E-state index contributed by atoms with van der Waals surface area (Å²) in [7, 11) is -2.64. The van der Waals surface area contributed by atoms with Gasteiger partial charge in [-0.05, 0) is 31.0 Å². The van der Waals surface area contributed by atoms with E-state index in [-0.39, 0.29) is 31.0 Å². The Hall–Kier alpha value is -3.08. The first-order valence-electron chi connectivity index (χ1n) is 12.4. The van der Waals surface area contributed by atoms with Gasteiger partial charge in [-0.3, -0.25) is 24.6 Å². The predicted octanol–water partition coefficient (Wildman–Crippen LogP) is 2.10. The fourth-order valence-corrected chi connectivity index (χ4v) is 7.05. The molecule has 198 valence electrons. The summed E-state index contributed by atoms with van der Waals surface area (Å²) < 4.78 is 33.3. The van der Waals surface area contributed by atoms with E-state index in [1.165, 1.54) is 16.3 Å². The second-order valence-corrected chi connectivity index (χ2v) is 11.5. The maximum absolute atomic E-state index is 13.7. The lowest BCUT2D eigenvalue weighted by molar-refractivity contribution is -0.154. The van der Waals surface area contributed by atoms with Crippen LogP contribution >= 0.6 is 0 Å². The molecule has 0 radical (unpaired) electrons. The van der Waals surface area contributed by atoms with Gasteiger partial charge in [0, 0.05) is 19.1 Å². The molecule has 0 aliphatic carbocycles. The summed E-state index contributed by atoms with van der Waals surface area (Å²) in [5.41, 5.74) is 0.280. The van der Waals surface area contributed by atoms with E-state index in [9.17, 15) is 22.8 Å². The number of amides is 2. The number of aryl methyl sites for hydroxylation is 1. The maximum atomic E-state index is 13.7. The minimum Gasteiger partial charge on any atom is -0.468 e. The van der Waals surface area contributed by atoms with Crippen LogP contribution in [0.1, 0.15) is 31.4 Å². The van der Waals surface area contributed by atoms with Crippen molar-refractivity contribution in [3.8, 4) is 0 Å². The largest absolute Gasteiger partial charge is 0.468 e. The van der Waals surface area contributed by atoms with E-state index in [2.05, 4.69) is 5.32 Å². The molecule has 2 fully saturated rings. The molecule has 0 spiro atoms. The topological polar surface area (TPSA) is 113 Å². The molecule has 4 atom stereocenters. The van der Waals surface area contributed by atoms with Crippen LogP contribution in [0.15, 0.2) is 59.5 Å². The molecule has 37 heavy (non-hydrogen) atoms. The quantitative estimate of drug-likeness (QED) is 0.393. The van der Waals surface area contributed by atoms with E-state index in [4.69, 9.17) is 4.74 Å². The number of hydrogen-bond donors (Lipinski definition) is 1. The Bertz CT molecular complexity index is 1280. The number of hydrogen-bond acceptors (Lipinski definition) is 7. The van der Waals surface area contributed by atoms with Gasteiger partial charge in [-0.25, -0.2) is 8.42 Å². The Morgan fingerprint density at radius 1 is 1.05 bits per heavy atom. The average molecular weight is 528 g/mol. The van der Waals surface area contributed by atoms with Gasteiger partial charge in [0.15, 0.2) is 0 Å². The standard InChI is InChI=1S/C27H33N3O6S/c1-5-27(26(33)36-4)23-22(24(31)30(25(23)32)16-19-10-8-7-9-11-19)21(28-27)17-29(6-2)37(34,35)20-14-12-18(3)13-15-20/h7-15,21-23,28H,5-6,16-17H2,1-4H3/t21-,22+,23-,27-/m1/s1. The van der Waals surface area contributed by atoms with Gasteiger partial charge in [-0.15, -0.1) is 0 Å². The number of likely N-dealkylation sites (N-methyl/N-ethyl adjacent to an activating group) is 1. The number of carbonyl (C=O) groups is 3. The van der Waals surface area contributed by atoms with Gasteiger partial charge >= 0.3 is 5.97 Å². The number of likely N-dealkylation sites (tertiary alicyclic amines) is 1. The number of nitrogens with one attached hydrogen (secondary N) is 1. The van der Waals surface area contributed by atoms with Crippen molar-refractivity contribution >= 4 is 27.8 Å². The first kappa shape index (κ1) is 27.0. The summed E-state index contributed by atoms with van der Waals surface area (Å²) >= 11 is 0. The molecular weight excluding hydrogens is 494 g/mol. The number of methoxy groups -OCH3 is 1. The summed E-state index contributed by atoms with van der Waals surface area (Å²) in [5, 5.41) is 3.20. The van der Waals surface area contributed by atoms with Gasteiger partial charge in [0.25, 0.3) is 0 Å². The highest BCUT2D eigenvalue weighted by Crippen LogP contribution is 2.46. The number of nitrogens with zero attached hydrogens (tertiary/aromatic N) is 2. The summed E-state index contributed by atoms with van der Waals surface area (Å²) in [6, 6.07) is 14.9. The lowest BCUT2D eigenvalue weighted by atomic mass is 9.78. The second-order valence-electron chi connectivity index (χ2n) is 9.59. The van der Waals surface area contributed by atoms with Crippen molar-refractivity contribution in [3.63, 3.8) is 0 Å². The summed E-state index contributed by atoms with van der Waals surface area (Å²) in [6.07, 6.45) is 0.201. The molecule has 2 saturated heterocycles. The average Bonchev–Trinajstić information content (AvgIpc) is 3.36. The lowest BCUT2D eigenvalue weighted by Crippen LogP contribution is -2.58. The Kier molecular flexibility index (Phi) is 7.55. The third kappa shape index (κ3) is 4.58. The molecule has 2 aliphatic rings. The number of esters is 1. The van der Waals surface area contributed by atoms with Gasteiger partial charge < -0.3 is 4.74 Å². The molecule has 1 N–H and O–H groups in total. The fraction of sp³-hybridized carbons (Fsp3) is 0.444. The normalized spacial score (nSPS) is 25.5. The number of benzene rings is 2. The minimum absolute atomic E-state index is 0.0786. The maximum Gasteiger partial charge on any atom is 0.326 e. The molecular formula is C27H33N3O6S. The van der Waals surface area contributed by atoms with Crippen molar-refractivity contribution in [2.75, 3.05) is 20.2 Å². The highest BCUT2D eigenvalue weighted by atomic mass is 32.2. The molecule has 0 aromatic heterocycles. The van der Waals surface area contributed by atoms with Crippen LogP contribution in [-0.2, 0) is 35.7 Å². The van der Waals surface area contributed by atoms with Crippen molar-refractivity contribution in [2.45, 2.75) is 50.2 Å². The molecule has 10 heteroatoms. The van der Waals surface area contributed by atoms with Crippen LogP contribution in [0.2, 0.25) is 0 Å². The van der Waals surface area contributed by atoms with Gasteiger partial charge in [0.1, 0.15) is 5.54 Å². The van der Waals surface area contributed by atoms with Crippen LogP contribution in [0.3, 0.4) is 0 Å². The van der Waals surface area contributed by atoms with Crippen molar-refractivity contribution in [3.05, 3.63) is 65.7 Å². The summed E-state index contributed by atoms with van der Waals surface area (Å²) in [6.45, 7) is 5.50. The van der Waals surface area contributed by atoms with Crippen molar-refractivity contribution in [2.24, 2.45) is 11.8 Å². The first-order valence-corrected chi connectivity index (χ1v) is 13.9. The highest BCUT2D eigenvalue weighted by Gasteiger charge is 2.68. The Balaban J connectivity index is 1.71. The third-order valence-corrected chi connectivity index (χ3v) is 9.51. The number of sulfonamides is 1. The van der Waals surface area contributed by atoms with E-state index < -0.39 is 51.2 Å². The summed E-state index contributed by atoms with van der Waals surface area (Å²) in [5.74, 6) is -3.41. The Labute approximate surface area is 217 Å². The monoisotopic (exact) mass is 527 g/mol. The van der Waals surface area contributed by atoms with Crippen LogP contribution in [0, 0.1) is 18.8 Å². The van der Waals surface area contributed by atoms with Crippen molar-refractivity contribution in [1.29, 1.82) is 0 Å². The highest BCUT2D eigenvalue weighted by molar-refractivity contribution is 7.89. The van der Waals surface area contributed by atoms with Crippen LogP contribution in [0.4, 0.5) is 0 Å². The fourth-order valence-electron chi connectivity index (χ4n) is 5.58. The number of ether oxygens (including phenoxy) is 1. The zero-order valence-corrected chi connectivity index (χ0v) is 22.3. The zero-order valence-electron chi connectivity index (χ0n) is 21.5. The molecule has 4 rings (SSSR count). The number of carbonyl (C=O) groups excluding carboxylic acids is 3. The molecule has 9 nitrogen and oxygen atoms in total. The number of fused-ring (bicyclic) bond motifs is 1. The molecule has 2 aromatic carbocycles. The van der Waals surface area contributed by atoms with Gasteiger partial charge in [-0.2, -0.15) is 4.31 Å². The Morgan fingerprint density at radius 3 is 2.27 bits per heavy atom. The van der Waals surface area contributed by atoms with E-state index >= 15 is 0 Å². The van der Waals surface area contributed by atoms with Gasteiger partial charge in [0.2, 0.25) is 21.8 Å². The smallest absolute Gasteiger partial charge is 0.326 e. The Morgan fingerprint density at radius 2 is 1.70 bits per heavy atom. The first-order chi connectivity index (χ1) is 17.6. The molecule has 2 heterocycles. The molecule has 2 amide bonds. The number of imide groups is 1. The second kappa shape index (κ2) is 10.4. The van der Waals surface area contributed by atoms with Crippen molar-refractivity contribution in [1.82, 2.24) is 14.5 Å². The van der Waals surface area contributed by atoms with Crippen molar-refractivity contribution < 1.29 is 27.5 Å². The molecule has 0 bridgehead atoms. The van der Waals surface area contributed by atoms with E-state index in [0.29, 0.717) is 0 Å². The van der Waals surface area contributed by atoms with E-state index in [1.807, 2.05) is 37.3 Å². The van der Waals surface area contributed by atoms with E-state index in [1.54, 1.807) is 38.1 Å². The molecule has 0 unspecified atom stereocenters. The van der Waals surface area contributed by atoms with Crippen LogP contribution in [0.25, 0.3) is 0 Å². The lowest BCUT2D eigenvalue weighted by Gasteiger charge is -2.32. The van der Waals surface area contributed by atoms with Gasteiger partial charge in [0.05, 0.1) is 30.4 Å². The van der Waals surface area contributed by atoms with Crippen LogP contribution in [-0.4, -0.2) is 67.2 Å².